The molecule has 0 bridgehead atoms. The third kappa shape index (κ3) is 4.53. The second-order valence-electron chi connectivity index (χ2n) is 5.54. The maximum absolute atomic E-state index is 12.6. The predicted octanol–water partition coefficient (Wildman–Crippen LogP) is 4.45. The number of para-hydroxylation sites is 1. The van der Waals surface area contributed by atoms with Gasteiger partial charge in [-0.2, -0.15) is 0 Å². The summed E-state index contributed by atoms with van der Waals surface area (Å²) in [7, 11) is 0. The van der Waals surface area contributed by atoms with Crippen molar-refractivity contribution < 1.29 is 9.59 Å². The molecule has 3 aromatic rings. The first-order chi connectivity index (χ1) is 12.7. The summed E-state index contributed by atoms with van der Waals surface area (Å²) >= 11 is 2.72. The summed E-state index contributed by atoms with van der Waals surface area (Å²) in [5, 5.41) is 16.9. The van der Waals surface area contributed by atoms with Crippen LogP contribution in [0.1, 0.15) is 44.8 Å². The lowest BCUT2D eigenvalue weighted by atomic mass is 10.1. The molecule has 3 rings (SSSR count). The standard InChI is InChI=1S/C18H18N4O2S2/c1-2-3-10-15-21-22-18(26-15)20-16(23)12-7-4-5-8-13(12)19-17(24)14-9-6-11-25-14/h4-9,11H,2-3,10H2,1H3,(H,19,24)(H,20,22,23). The summed E-state index contributed by atoms with van der Waals surface area (Å²) in [5.74, 6) is -0.566. The quantitative estimate of drug-likeness (QED) is 0.628. The van der Waals surface area contributed by atoms with E-state index in [4.69, 9.17) is 0 Å². The first-order valence-electron chi connectivity index (χ1n) is 8.25. The smallest absolute Gasteiger partial charge is 0.265 e. The van der Waals surface area contributed by atoms with Crippen LogP contribution in [0.25, 0.3) is 0 Å². The summed E-state index contributed by atoms with van der Waals surface area (Å²) in [6.07, 6.45) is 2.98. The second kappa shape index (κ2) is 8.68. The van der Waals surface area contributed by atoms with Gasteiger partial charge in [0.25, 0.3) is 11.8 Å². The lowest BCUT2D eigenvalue weighted by Crippen LogP contribution is -2.17. The van der Waals surface area contributed by atoms with Gasteiger partial charge < -0.3 is 5.32 Å². The van der Waals surface area contributed by atoms with Crippen LogP contribution in [0.4, 0.5) is 10.8 Å². The van der Waals surface area contributed by atoms with Gasteiger partial charge in [0.15, 0.2) is 0 Å². The van der Waals surface area contributed by atoms with E-state index in [-0.39, 0.29) is 11.8 Å². The third-order valence-corrected chi connectivity index (χ3v) is 5.36. The number of benzene rings is 1. The normalized spacial score (nSPS) is 10.5. The first kappa shape index (κ1) is 18.2. The molecular formula is C18H18N4O2S2. The fourth-order valence-corrected chi connectivity index (χ4v) is 3.67. The molecule has 134 valence electrons. The summed E-state index contributed by atoms with van der Waals surface area (Å²) in [6.45, 7) is 2.12. The molecule has 6 nitrogen and oxygen atoms in total. The Morgan fingerprint density at radius 1 is 1.04 bits per heavy atom. The largest absolute Gasteiger partial charge is 0.321 e. The molecule has 0 atom stereocenters. The molecule has 0 fully saturated rings. The molecule has 0 unspecified atom stereocenters. The molecule has 0 aliphatic heterocycles. The van der Waals surface area contributed by atoms with Gasteiger partial charge >= 0.3 is 0 Å². The van der Waals surface area contributed by atoms with Crippen LogP contribution < -0.4 is 10.6 Å². The number of amides is 2. The average molecular weight is 387 g/mol. The van der Waals surface area contributed by atoms with E-state index in [0.29, 0.717) is 21.3 Å². The fourth-order valence-electron chi connectivity index (χ4n) is 2.28. The van der Waals surface area contributed by atoms with E-state index < -0.39 is 0 Å². The number of thiophene rings is 1. The molecule has 2 amide bonds. The number of aryl methyl sites for hydroxylation is 1. The molecule has 0 aliphatic carbocycles. The first-order valence-corrected chi connectivity index (χ1v) is 9.94. The van der Waals surface area contributed by atoms with E-state index in [1.54, 1.807) is 30.3 Å². The van der Waals surface area contributed by atoms with Crippen molar-refractivity contribution in [2.75, 3.05) is 10.6 Å². The molecule has 0 aliphatic rings. The van der Waals surface area contributed by atoms with Crippen molar-refractivity contribution in [2.45, 2.75) is 26.2 Å². The van der Waals surface area contributed by atoms with E-state index in [2.05, 4.69) is 27.8 Å². The Kier molecular flexibility index (Phi) is 6.08. The van der Waals surface area contributed by atoms with Crippen LogP contribution in [0.2, 0.25) is 0 Å². The maximum Gasteiger partial charge on any atom is 0.265 e. The summed E-state index contributed by atoms with van der Waals surface area (Å²) < 4.78 is 0. The zero-order chi connectivity index (χ0) is 18.4. The number of hydrogen-bond acceptors (Lipinski definition) is 6. The Labute approximate surface area is 159 Å². The fraction of sp³-hybridized carbons (Fsp3) is 0.222. The Bertz CT molecular complexity index is 890. The Balaban J connectivity index is 1.71. The lowest BCUT2D eigenvalue weighted by Gasteiger charge is -2.09. The van der Waals surface area contributed by atoms with Gasteiger partial charge in [-0.1, -0.05) is 42.9 Å². The minimum atomic E-state index is -0.328. The number of unbranched alkanes of at least 4 members (excludes halogenated alkanes) is 1. The number of anilines is 2. The van der Waals surface area contributed by atoms with Crippen molar-refractivity contribution in [3.05, 3.63) is 57.2 Å². The van der Waals surface area contributed by atoms with Crippen molar-refractivity contribution in [2.24, 2.45) is 0 Å². The number of aromatic nitrogens is 2. The van der Waals surface area contributed by atoms with Crippen LogP contribution in [0.3, 0.4) is 0 Å². The number of carbonyl (C=O) groups is 2. The molecular weight excluding hydrogens is 368 g/mol. The maximum atomic E-state index is 12.6. The number of nitrogens with zero attached hydrogens (tertiary/aromatic N) is 2. The second-order valence-corrected chi connectivity index (χ2v) is 7.55. The van der Waals surface area contributed by atoms with Gasteiger partial charge in [-0.15, -0.1) is 21.5 Å². The molecule has 2 N–H and O–H groups in total. The van der Waals surface area contributed by atoms with Crippen LogP contribution in [0, 0.1) is 0 Å². The minimum Gasteiger partial charge on any atom is -0.321 e. The van der Waals surface area contributed by atoms with Crippen molar-refractivity contribution in [1.29, 1.82) is 0 Å². The molecule has 2 aromatic heterocycles. The average Bonchev–Trinajstić information content (AvgIpc) is 3.32. The number of nitrogens with one attached hydrogen (secondary N) is 2. The van der Waals surface area contributed by atoms with Crippen LogP contribution in [0.15, 0.2) is 41.8 Å². The number of rotatable bonds is 7. The molecule has 26 heavy (non-hydrogen) atoms. The van der Waals surface area contributed by atoms with Gasteiger partial charge in [-0.3, -0.25) is 14.9 Å². The molecule has 1 aromatic carbocycles. The van der Waals surface area contributed by atoms with Crippen LogP contribution >= 0.6 is 22.7 Å². The van der Waals surface area contributed by atoms with Gasteiger partial charge in [0.2, 0.25) is 5.13 Å². The van der Waals surface area contributed by atoms with Gasteiger partial charge in [-0.05, 0) is 30.0 Å². The molecule has 8 heteroatoms. The SMILES string of the molecule is CCCCc1nnc(NC(=O)c2ccccc2NC(=O)c2cccs2)s1. The summed E-state index contributed by atoms with van der Waals surface area (Å²) in [5.41, 5.74) is 0.835. The monoisotopic (exact) mass is 386 g/mol. The predicted molar refractivity (Wildman–Crippen MR) is 105 cm³/mol. The van der Waals surface area contributed by atoms with Crippen molar-refractivity contribution in [1.82, 2.24) is 10.2 Å². The van der Waals surface area contributed by atoms with Crippen LogP contribution in [-0.2, 0) is 6.42 Å². The van der Waals surface area contributed by atoms with Crippen molar-refractivity contribution in [3.63, 3.8) is 0 Å². The van der Waals surface area contributed by atoms with Crippen molar-refractivity contribution in [3.8, 4) is 0 Å². The highest BCUT2D eigenvalue weighted by Crippen LogP contribution is 2.22. The molecule has 0 radical (unpaired) electrons. The van der Waals surface area contributed by atoms with E-state index in [9.17, 15) is 9.59 Å². The lowest BCUT2D eigenvalue weighted by molar-refractivity contribution is 0.102. The van der Waals surface area contributed by atoms with Crippen LogP contribution in [0.5, 0.6) is 0 Å². The van der Waals surface area contributed by atoms with E-state index in [1.807, 2.05) is 11.4 Å². The highest BCUT2D eigenvalue weighted by Gasteiger charge is 2.16. The zero-order valence-electron chi connectivity index (χ0n) is 14.2. The van der Waals surface area contributed by atoms with Crippen LogP contribution in [-0.4, -0.2) is 22.0 Å². The van der Waals surface area contributed by atoms with Gasteiger partial charge in [0.05, 0.1) is 16.1 Å². The van der Waals surface area contributed by atoms with Gasteiger partial charge in [-0.25, -0.2) is 0 Å². The molecule has 0 spiro atoms. The van der Waals surface area contributed by atoms with Gasteiger partial charge in [0, 0.05) is 6.42 Å². The van der Waals surface area contributed by atoms with Gasteiger partial charge in [0.1, 0.15) is 5.01 Å². The highest BCUT2D eigenvalue weighted by atomic mass is 32.1. The van der Waals surface area contributed by atoms with Crippen molar-refractivity contribution >= 4 is 45.3 Å². The number of carbonyl (C=O) groups excluding carboxylic acids is 2. The third-order valence-electron chi connectivity index (χ3n) is 3.60. The topological polar surface area (TPSA) is 84.0 Å². The summed E-state index contributed by atoms with van der Waals surface area (Å²) in [6, 6.07) is 10.4. The Morgan fingerprint density at radius 2 is 1.88 bits per heavy atom. The minimum absolute atomic E-state index is 0.238. The van der Waals surface area contributed by atoms with E-state index in [1.165, 1.54) is 22.7 Å². The summed E-state index contributed by atoms with van der Waals surface area (Å²) in [4.78, 5) is 25.5. The Morgan fingerprint density at radius 3 is 2.65 bits per heavy atom. The zero-order valence-corrected chi connectivity index (χ0v) is 15.8. The number of hydrogen-bond donors (Lipinski definition) is 2. The molecule has 2 heterocycles. The van der Waals surface area contributed by atoms with E-state index in [0.717, 1.165) is 24.3 Å². The van der Waals surface area contributed by atoms with E-state index >= 15 is 0 Å². The highest BCUT2D eigenvalue weighted by molar-refractivity contribution is 7.15. The molecule has 0 saturated heterocycles. The molecule has 0 saturated carbocycles. The Hall–Kier alpha value is -2.58.